The first kappa shape index (κ1) is 15.7. The predicted octanol–water partition coefficient (Wildman–Crippen LogP) is 2.35. The van der Waals surface area contributed by atoms with E-state index < -0.39 is 17.6 Å². The number of nitrogens with two attached hydrogens (primary N) is 1. The Balaban J connectivity index is 2.05. The predicted molar refractivity (Wildman–Crippen MR) is 79.9 cm³/mol. The van der Waals surface area contributed by atoms with Crippen molar-refractivity contribution >= 4 is 23.2 Å². The summed E-state index contributed by atoms with van der Waals surface area (Å²) in [5, 5.41) is 6.68. The van der Waals surface area contributed by atoms with Crippen molar-refractivity contribution in [2.24, 2.45) is 0 Å². The normalized spacial score (nSPS) is 11.7. The number of hydrogen-bond donors (Lipinski definition) is 2. The molecule has 3 aromatic heterocycles. The summed E-state index contributed by atoms with van der Waals surface area (Å²) in [4.78, 5) is 18.7. The van der Waals surface area contributed by atoms with Crippen LogP contribution in [-0.2, 0) is 11.0 Å². The number of carbonyl (C=O) groups excluding carboxylic acids is 1. The van der Waals surface area contributed by atoms with Crippen LogP contribution in [0.1, 0.15) is 12.5 Å². The maximum absolute atomic E-state index is 12.9. The molecule has 3 aromatic rings. The summed E-state index contributed by atoms with van der Waals surface area (Å²) in [7, 11) is 0. The first-order chi connectivity index (χ1) is 11.2. The first-order valence-electron chi connectivity index (χ1n) is 6.71. The molecular weight excluding hydrogens is 325 g/mol. The highest BCUT2D eigenvalue weighted by Gasteiger charge is 2.34. The fraction of sp³-hybridized carbons (Fsp3) is 0.143. The summed E-state index contributed by atoms with van der Waals surface area (Å²) in [6.07, 6.45) is -1.94. The van der Waals surface area contributed by atoms with E-state index in [1.54, 1.807) is 6.07 Å². The third-order valence-electron chi connectivity index (χ3n) is 3.14. The molecule has 0 unspecified atom stereocenters. The van der Waals surface area contributed by atoms with E-state index in [1.165, 1.54) is 29.9 Å². The monoisotopic (exact) mass is 336 g/mol. The highest BCUT2D eigenvalue weighted by Crippen LogP contribution is 2.34. The van der Waals surface area contributed by atoms with Gasteiger partial charge in [0, 0.05) is 18.7 Å². The number of aromatic nitrogens is 4. The Hall–Kier alpha value is -3.17. The Morgan fingerprint density at radius 2 is 2.08 bits per heavy atom. The van der Waals surface area contributed by atoms with Crippen molar-refractivity contribution in [3.8, 4) is 11.3 Å². The van der Waals surface area contributed by atoms with Crippen LogP contribution in [0.2, 0.25) is 0 Å². The molecule has 3 N–H and O–H groups in total. The lowest BCUT2D eigenvalue weighted by atomic mass is 10.1. The molecule has 3 heterocycles. The molecule has 124 valence electrons. The molecule has 0 fully saturated rings. The smallest absolute Gasteiger partial charge is 0.383 e. The number of anilines is 2. The lowest BCUT2D eigenvalue weighted by molar-refractivity contribution is -0.137. The number of imidazole rings is 1. The summed E-state index contributed by atoms with van der Waals surface area (Å²) >= 11 is 0. The molecule has 0 aliphatic carbocycles. The van der Waals surface area contributed by atoms with Gasteiger partial charge in [-0.2, -0.15) is 18.3 Å². The van der Waals surface area contributed by atoms with Crippen LogP contribution in [0.3, 0.4) is 0 Å². The first-order valence-corrected chi connectivity index (χ1v) is 6.71. The van der Waals surface area contributed by atoms with Gasteiger partial charge in [-0.1, -0.05) is 0 Å². The highest BCUT2D eigenvalue weighted by molar-refractivity contribution is 5.87. The number of hydrogen-bond acceptors (Lipinski definition) is 5. The maximum Gasteiger partial charge on any atom is 0.419 e. The Morgan fingerprint density at radius 1 is 1.33 bits per heavy atom. The minimum Gasteiger partial charge on any atom is -0.383 e. The van der Waals surface area contributed by atoms with Gasteiger partial charge in [-0.15, -0.1) is 0 Å². The third-order valence-corrected chi connectivity index (χ3v) is 3.14. The average Bonchev–Trinajstić information content (AvgIpc) is 2.86. The highest BCUT2D eigenvalue weighted by atomic mass is 19.4. The molecule has 0 spiro atoms. The molecule has 0 saturated carbocycles. The van der Waals surface area contributed by atoms with E-state index in [0.29, 0.717) is 11.5 Å². The second kappa shape index (κ2) is 5.48. The van der Waals surface area contributed by atoms with Crippen molar-refractivity contribution in [3.05, 3.63) is 36.2 Å². The number of pyridine rings is 1. The van der Waals surface area contributed by atoms with Gasteiger partial charge in [0.2, 0.25) is 5.91 Å². The topological polar surface area (TPSA) is 98.2 Å². The van der Waals surface area contributed by atoms with Crippen LogP contribution in [0.4, 0.5) is 24.8 Å². The van der Waals surface area contributed by atoms with Crippen molar-refractivity contribution in [1.29, 1.82) is 0 Å². The number of amides is 1. The molecule has 0 radical (unpaired) electrons. The van der Waals surface area contributed by atoms with Crippen LogP contribution in [0.5, 0.6) is 0 Å². The van der Waals surface area contributed by atoms with E-state index in [4.69, 9.17) is 5.73 Å². The Labute approximate surface area is 133 Å². The molecule has 24 heavy (non-hydrogen) atoms. The summed E-state index contributed by atoms with van der Waals surface area (Å²) in [5.41, 5.74) is 5.11. The Morgan fingerprint density at radius 3 is 2.75 bits per heavy atom. The van der Waals surface area contributed by atoms with Gasteiger partial charge in [0.05, 0.1) is 17.5 Å². The van der Waals surface area contributed by atoms with Gasteiger partial charge in [-0.25, -0.2) is 14.5 Å². The number of rotatable bonds is 2. The van der Waals surface area contributed by atoms with E-state index >= 15 is 0 Å². The molecule has 0 aliphatic rings. The zero-order chi connectivity index (χ0) is 17.5. The fourth-order valence-corrected chi connectivity index (χ4v) is 2.12. The third kappa shape index (κ3) is 2.98. The van der Waals surface area contributed by atoms with Crippen molar-refractivity contribution in [2.75, 3.05) is 11.1 Å². The molecule has 0 aliphatic heterocycles. The molecular formula is C14H11F3N6O. The average molecular weight is 336 g/mol. The molecule has 0 aromatic carbocycles. The summed E-state index contributed by atoms with van der Waals surface area (Å²) in [6, 6.07) is 3.96. The number of nitrogens with zero attached hydrogens (tertiary/aromatic N) is 4. The molecule has 0 atom stereocenters. The van der Waals surface area contributed by atoms with Crippen molar-refractivity contribution in [2.45, 2.75) is 13.1 Å². The Kier molecular flexibility index (Phi) is 3.59. The van der Waals surface area contributed by atoms with Crippen molar-refractivity contribution in [3.63, 3.8) is 0 Å². The van der Waals surface area contributed by atoms with E-state index in [0.717, 1.165) is 6.07 Å². The molecule has 7 nitrogen and oxygen atoms in total. The Bertz CT molecular complexity index is 934. The number of fused-ring (bicyclic) bond motifs is 1. The van der Waals surface area contributed by atoms with Crippen LogP contribution >= 0.6 is 0 Å². The number of alkyl halides is 3. The number of nitrogen functional groups attached to an aromatic ring is 1. The second-order valence-corrected chi connectivity index (χ2v) is 4.98. The largest absolute Gasteiger partial charge is 0.419 e. The number of halogens is 3. The van der Waals surface area contributed by atoms with Gasteiger partial charge < -0.3 is 11.1 Å². The zero-order valence-electron chi connectivity index (χ0n) is 12.3. The minimum absolute atomic E-state index is 0.160. The molecule has 3 rings (SSSR count). The zero-order valence-corrected chi connectivity index (χ0v) is 12.3. The molecule has 0 bridgehead atoms. The number of carbonyl (C=O) groups is 1. The van der Waals surface area contributed by atoms with Gasteiger partial charge in [0.25, 0.3) is 0 Å². The quantitative estimate of drug-likeness (QED) is 0.748. The van der Waals surface area contributed by atoms with E-state index in [1.807, 2.05) is 0 Å². The van der Waals surface area contributed by atoms with Crippen LogP contribution in [-0.4, -0.2) is 25.5 Å². The van der Waals surface area contributed by atoms with Crippen LogP contribution in [0.25, 0.3) is 16.9 Å². The maximum atomic E-state index is 12.9. The SMILES string of the molecule is CC(=O)Nc1cn2nc(-c3cnc(N)c(C(F)(F)F)c3)ccc2n1. The van der Waals surface area contributed by atoms with Gasteiger partial charge >= 0.3 is 6.18 Å². The van der Waals surface area contributed by atoms with Gasteiger partial charge in [-0.05, 0) is 18.2 Å². The van der Waals surface area contributed by atoms with Crippen LogP contribution < -0.4 is 11.1 Å². The van der Waals surface area contributed by atoms with E-state index in [2.05, 4.69) is 20.4 Å². The van der Waals surface area contributed by atoms with Crippen molar-refractivity contribution < 1.29 is 18.0 Å². The van der Waals surface area contributed by atoms with Gasteiger partial charge in [0.1, 0.15) is 5.82 Å². The molecule has 0 saturated heterocycles. The fourth-order valence-electron chi connectivity index (χ4n) is 2.12. The summed E-state index contributed by atoms with van der Waals surface area (Å²) in [6.45, 7) is 1.33. The lowest BCUT2D eigenvalue weighted by Gasteiger charge is -2.10. The lowest BCUT2D eigenvalue weighted by Crippen LogP contribution is -2.10. The standard InChI is InChI=1S/C14H11F3N6O/c1-7(24)20-11-6-23-12(21-11)3-2-10(22-23)8-4-9(14(15,16)17)13(18)19-5-8/h2-6H,1H3,(H2,18,19)(H,20,24). The second-order valence-electron chi connectivity index (χ2n) is 4.98. The molecule has 10 heteroatoms. The summed E-state index contributed by atoms with van der Waals surface area (Å²) < 4.78 is 40.1. The number of nitrogens with one attached hydrogen (secondary N) is 1. The van der Waals surface area contributed by atoms with Gasteiger partial charge in [-0.3, -0.25) is 4.79 Å². The molecule has 1 amide bonds. The summed E-state index contributed by atoms with van der Waals surface area (Å²) in [5.74, 6) is -0.599. The van der Waals surface area contributed by atoms with Crippen molar-refractivity contribution in [1.82, 2.24) is 19.6 Å². The van der Waals surface area contributed by atoms with Crippen LogP contribution in [0.15, 0.2) is 30.6 Å². The van der Waals surface area contributed by atoms with Crippen LogP contribution in [0, 0.1) is 0 Å². The van der Waals surface area contributed by atoms with E-state index in [9.17, 15) is 18.0 Å². The van der Waals surface area contributed by atoms with Gasteiger partial charge in [0.15, 0.2) is 11.5 Å². The van der Waals surface area contributed by atoms with E-state index in [-0.39, 0.29) is 17.2 Å². The minimum atomic E-state index is -4.61.